The number of carbonyl (C=O) groups excluding carboxylic acids is 1. The van der Waals surface area contributed by atoms with Gasteiger partial charge in [-0.1, -0.05) is 12.1 Å². The fourth-order valence-corrected chi connectivity index (χ4v) is 3.05. The average molecular weight is 459 g/mol. The Kier molecular flexibility index (Phi) is 6.35. The molecule has 0 aliphatic heterocycles. The number of fused-ring (bicyclic) bond motifs is 1. The van der Waals surface area contributed by atoms with Crippen molar-refractivity contribution in [2.24, 2.45) is 0 Å². The lowest BCUT2D eigenvalue weighted by molar-refractivity contribution is -0.384. The lowest BCUT2D eigenvalue weighted by Gasteiger charge is -2.07. The Morgan fingerprint density at radius 1 is 1.00 bits per heavy atom. The zero-order valence-electron chi connectivity index (χ0n) is 17.8. The Labute approximate surface area is 192 Å². The second kappa shape index (κ2) is 9.70. The lowest BCUT2D eigenvalue weighted by atomic mass is 10.2. The van der Waals surface area contributed by atoms with Gasteiger partial charge in [-0.25, -0.2) is 4.79 Å². The zero-order valence-corrected chi connectivity index (χ0v) is 17.8. The molecule has 4 rings (SSSR count). The van der Waals surface area contributed by atoms with Crippen LogP contribution in [0.2, 0.25) is 0 Å². The first kappa shape index (κ1) is 22.3. The quantitative estimate of drug-likeness (QED) is 0.123. The summed E-state index contributed by atoms with van der Waals surface area (Å²) >= 11 is 0. The zero-order chi connectivity index (χ0) is 24.1. The predicted octanol–water partition coefficient (Wildman–Crippen LogP) is 5.12. The van der Waals surface area contributed by atoms with Gasteiger partial charge in [0, 0.05) is 24.3 Å². The van der Waals surface area contributed by atoms with Crippen molar-refractivity contribution in [3.8, 4) is 23.0 Å². The van der Waals surface area contributed by atoms with Crippen LogP contribution in [0.4, 0.5) is 5.69 Å². The maximum Gasteiger partial charge on any atom is 0.336 e. The smallest absolute Gasteiger partial charge is 0.336 e. The molecule has 0 N–H and O–H groups in total. The molecule has 0 saturated heterocycles. The third-order valence-corrected chi connectivity index (χ3v) is 4.71. The molecule has 0 radical (unpaired) electrons. The number of hydrogen-bond acceptors (Lipinski definition) is 8. The SMILES string of the molecule is COc1ccc(Oc2coc3cc(OC(=O)/C=C/c4cccc([N+](=O)[O-])c4)ccc3c2=O)cc1. The van der Waals surface area contributed by atoms with E-state index in [-0.39, 0.29) is 33.6 Å². The molecule has 0 aliphatic carbocycles. The third kappa shape index (κ3) is 5.10. The van der Waals surface area contributed by atoms with Crippen molar-refractivity contribution < 1.29 is 28.3 Å². The summed E-state index contributed by atoms with van der Waals surface area (Å²) in [5.74, 6) is 0.552. The standard InChI is InChI=1S/C25H17NO8/c1-31-18-6-8-19(9-7-18)33-23-15-32-22-14-20(10-11-21(22)25(23)28)34-24(27)12-5-16-3-2-4-17(13-16)26(29)30/h2-15H,1H3/b12-5+. The van der Waals surface area contributed by atoms with Gasteiger partial charge in [-0.3, -0.25) is 14.9 Å². The molecule has 4 aromatic rings. The molecule has 0 atom stereocenters. The third-order valence-electron chi connectivity index (χ3n) is 4.71. The van der Waals surface area contributed by atoms with Gasteiger partial charge in [0.05, 0.1) is 17.4 Å². The number of esters is 1. The summed E-state index contributed by atoms with van der Waals surface area (Å²) in [6.45, 7) is 0. The van der Waals surface area contributed by atoms with Crippen LogP contribution in [0.5, 0.6) is 23.0 Å². The van der Waals surface area contributed by atoms with Crippen LogP contribution in [0.25, 0.3) is 17.0 Å². The number of hydrogen-bond donors (Lipinski definition) is 0. The van der Waals surface area contributed by atoms with Crippen LogP contribution in [0.1, 0.15) is 5.56 Å². The first-order chi connectivity index (χ1) is 16.4. The summed E-state index contributed by atoms with van der Waals surface area (Å²) in [7, 11) is 1.55. The molecule has 170 valence electrons. The van der Waals surface area contributed by atoms with Crippen LogP contribution in [0.3, 0.4) is 0 Å². The van der Waals surface area contributed by atoms with E-state index in [0.717, 1.165) is 6.08 Å². The van der Waals surface area contributed by atoms with E-state index in [1.807, 2.05) is 0 Å². The van der Waals surface area contributed by atoms with Gasteiger partial charge in [-0.05, 0) is 48.0 Å². The van der Waals surface area contributed by atoms with Crippen molar-refractivity contribution in [1.82, 2.24) is 0 Å². The van der Waals surface area contributed by atoms with Gasteiger partial charge in [0.2, 0.25) is 11.2 Å². The van der Waals surface area contributed by atoms with E-state index in [0.29, 0.717) is 17.1 Å². The number of carbonyl (C=O) groups is 1. The highest BCUT2D eigenvalue weighted by atomic mass is 16.6. The first-order valence-corrected chi connectivity index (χ1v) is 9.95. The Hall–Kier alpha value is -4.92. The van der Waals surface area contributed by atoms with Crippen molar-refractivity contribution in [2.75, 3.05) is 7.11 Å². The second-order valence-electron chi connectivity index (χ2n) is 6.97. The number of nitro benzene ring substituents is 1. The Balaban J connectivity index is 1.48. The number of non-ortho nitro benzene ring substituents is 1. The molecule has 1 aromatic heterocycles. The van der Waals surface area contributed by atoms with Gasteiger partial charge in [0.1, 0.15) is 29.1 Å². The minimum Gasteiger partial charge on any atom is -0.497 e. The van der Waals surface area contributed by atoms with Crippen LogP contribution in [-0.4, -0.2) is 18.0 Å². The largest absolute Gasteiger partial charge is 0.497 e. The maximum atomic E-state index is 12.7. The molecule has 9 heteroatoms. The topological polar surface area (TPSA) is 118 Å². The lowest BCUT2D eigenvalue weighted by Crippen LogP contribution is -2.06. The van der Waals surface area contributed by atoms with Gasteiger partial charge in [-0.15, -0.1) is 0 Å². The highest BCUT2D eigenvalue weighted by Gasteiger charge is 2.12. The van der Waals surface area contributed by atoms with E-state index in [1.165, 1.54) is 48.7 Å². The van der Waals surface area contributed by atoms with Crippen LogP contribution in [-0.2, 0) is 4.79 Å². The summed E-state index contributed by atoms with van der Waals surface area (Å²) in [6.07, 6.45) is 3.73. The molecule has 34 heavy (non-hydrogen) atoms. The molecule has 0 aliphatic rings. The summed E-state index contributed by atoms with van der Waals surface area (Å²) in [4.78, 5) is 35.2. The fourth-order valence-electron chi connectivity index (χ4n) is 3.05. The highest BCUT2D eigenvalue weighted by Crippen LogP contribution is 2.25. The highest BCUT2D eigenvalue weighted by molar-refractivity contribution is 5.89. The van der Waals surface area contributed by atoms with E-state index < -0.39 is 10.9 Å². The maximum absolute atomic E-state index is 12.7. The van der Waals surface area contributed by atoms with Gasteiger partial charge >= 0.3 is 5.97 Å². The molecule has 0 bridgehead atoms. The van der Waals surface area contributed by atoms with E-state index in [9.17, 15) is 19.7 Å². The summed E-state index contributed by atoms with van der Waals surface area (Å²) < 4.78 is 21.5. The second-order valence-corrected chi connectivity index (χ2v) is 6.97. The minimum absolute atomic E-state index is 0.00213. The molecule has 0 saturated carbocycles. The normalized spacial score (nSPS) is 10.9. The molecule has 0 unspecified atom stereocenters. The molecule has 0 fully saturated rings. The first-order valence-electron chi connectivity index (χ1n) is 9.95. The van der Waals surface area contributed by atoms with Crippen LogP contribution in [0.15, 0.2) is 88.3 Å². The molecule has 0 spiro atoms. The van der Waals surface area contributed by atoms with Crippen molar-refractivity contribution >= 4 is 28.7 Å². The van der Waals surface area contributed by atoms with E-state index in [2.05, 4.69) is 0 Å². The summed E-state index contributed by atoms with van der Waals surface area (Å²) in [5.41, 5.74) is 0.205. The van der Waals surface area contributed by atoms with E-state index in [4.69, 9.17) is 18.6 Å². The number of nitro groups is 1. The monoisotopic (exact) mass is 459 g/mol. The van der Waals surface area contributed by atoms with Crippen molar-refractivity contribution in [3.05, 3.63) is 105 Å². The fraction of sp³-hybridized carbons (Fsp3) is 0.0400. The number of methoxy groups -OCH3 is 1. The van der Waals surface area contributed by atoms with Crippen LogP contribution < -0.4 is 19.6 Å². The van der Waals surface area contributed by atoms with Gasteiger partial charge in [0.25, 0.3) is 5.69 Å². The average Bonchev–Trinajstić information content (AvgIpc) is 2.85. The van der Waals surface area contributed by atoms with Gasteiger partial charge in [-0.2, -0.15) is 0 Å². The predicted molar refractivity (Wildman–Crippen MR) is 123 cm³/mol. The van der Waals surface area contributed by atoms with Crippen molar-refractivity contribution in [2.45, 2.75) is 0 Å². The molecule has 3 aromatic carbocycles. The number of ether oxygens (including phenoxy) is 3. The molecular weight excluding hydrogens is 442 g/mol. The Bertz CT molecular complexity index is 1450. The number of nitrogens with zero attached hydrogens (tertiary/aromatic N) is 1. The van der Waals surface area contributed by atoms with E-state index in [1.54, 1.807) is 37.4 Å². The van der Waals surface area contributed by atoms with Crippen molar-refractivity contribution in [1.29, 1.82) is 0 Å². The Morgan fingerprint density at radius 3 is 2.47 bits per heavy atom. The van der Waals surface area contributed by atoms with Crippen molar-refractivity contribution in [3.63, 3.8) is 0 Å². The summed E-state index contributed by atoms with van der Waals surface area (Å²) in [6, 6.07) is 16.9. The minimum atomic E-state index is -0.701. The van der Waals surface area contributed by atoms with Gasteiger partial charge in [0.15, 0.2) is 0 Å². The number of benzene rings is 3. The number of rotatable bonds is 7. The molecular formula is C25H17NO8. The van der Waals surface area contributed by atoms with Crippen LogP contribution in [0, 0.1) is 10.1 Å². The van der Waals surface area contributed by atoms with Gasteiger partial charge < -0.3 is 18.6 Å². The summed E-state index contributed by atoms with van der Waals surface area (Å²) in [5, 5.41) is 11.1. The Morgan fingerprint density at radius 2 is 1.74 bits per heavy atom. The molecule has 1 heterocycles. The van der Waals surface area contributed by atoms with E-state index >= 15 is 0 Å². The molecule has 0 amide bonds. The van der Waals surface area contributed by atoms with Crippen LogP contribution >= 0.6 is 0 Å². The molecule has 9 nitrogen and oxygen atoms in total.